The van der Waals surface area contributed by atoms with Crippen molar-refractivity contribution in [3.63, 3.8) is 0 Å². The third kappa shape index (κ3) is 4.60. The molecule has 3 rings (SSSR count). The summed E-state index contributed by atoms with van der Waals surface area (Å²) in [6.45, 7) is -0.397. The van der Waals surface area contributed by atoms with Crippen molar-refractivity contribution in [1.82, 2.24) is 4.90 Å². The van der Waals surface area contributed by atoms with Crippen molar-refractivity contribution in [2.24, 2.45) is 0 Å². The van der Waals surface area contributed by atoms with Crippen molar-refractivity contribution >= 4 is 51.4 Å². The molecule has 0 radical (unpaired) electrons. The monoisotopic (exact) mass is 399 g/mol. The molecule has 1 aliphatic rings. The van der Waals surface area contributed by atoms with Crippen molar-refractivity contribution in [3.05, 3.63) is 71.4 Å². The van der Waals surface area contributed by atoms with Gasteiger partial charge in [0.25, 0.3) is 0 Å². The number of hydrogen-bond donors (Lipinski definition) is 1. The van der Waals surface area contributed by atoms with Gasteiger partial charge < -0.3 is 14.7 Å². The predicted molar refractivity (Wildman–Crippen MR) is 105 cm³/mol. The maximum atomic E-state index is 12.2. The van der Waals surface area contributed by atoms with Crippen LogP contribution in [0.4, 0.5) is 0 Å². The first kappa shape index (κ1) is 18.8. The van der Waals surface area contributed by atoms with E-state index in [9.17, 15) is 14.4 Å². The molecule has 2 aromatic rings. The second-order valence-electron chi connectivity index (χ2n) is 5.49. The van der Waals surface area contributed by atoms with Crippen LogP contribution in [0.5, 0.6) is 5.75 Å². The Morgan fingerprint density at radius 1 is 1.15 bits per heavy atom. The quantitative estimate of drug-likeness (QED) is 0.355. The summed E-state index contributed by atoms with van der Waals surface area (Å²) in [5.74, 6) is -1.28. The van der Waals surface area contributed by atoms with Crippen molar-refractivity contribution in [3.8, 4) is 5.75 Å². The van der Waals surface area contributed by atoms with Crippen molar-refractivity contribution in [2.45, 2.75) is 0 Å². The molecule has 136 valence electrons. The van der Waals surface area contributed by atoms with Crippen molar-refractivity contribution in [2.75, 3.05) is 6.54 Å². The third-order valence-electron chi connectivity index (χ3n) is 3.58. The number of carboxylic acids is 1. The fourth-order valence-corrected chi connectivity index (χ4v) is 3.48. The molecular formula is C19H13NO5S2. The minimum Gasteiger partial charge on any atom is -0.480 e. The number of thioether (sulfide) groups is 1. The Kier molecular flexibility index (Phi) is 5.68. The first-order chi connectivity index (χ1) is 12.9. The highest BCUT2D eigenvalue weighted by molar-refractivity contribution is 8.33. The van der Waals surface area contributed by atoms with Crippen molar-refractivity contribution < 1.29 is 24.2 Å². The first-order valence-corrected chi connectivity index (χ1v) is 9.01. The number of carbonyl (C=O) groups excluding carboxylic acids is 2. The number of ether oxygens (including phenoxy) is 1. The van der Waals surface area contributed by atoms with Crippen LogP contribution >= 0.6 is 24.0 Å². The van der Waals surface area contributed by atoms with Crippen LogP contribution in [0.25, 0.3) is 6.08 Å². The van der Waals surface area contributed by atoms with Gasteiger partial charge in [0.1, 0.15) is 16.6 Å². The minimum absolute atomic E-state index is 0.180. The number of rotatable bonds is 5. The highest BCUT2D eigenvalue weighted by Crippen LogP contribution is 2.30. The zero-order chi connectivity index (χ0) is 19.4. The molecule has 1 aliphatic heterocycles. The van der Waals surface area contributed by atoms with E-state index in [4.69, 9.17) is 22.1 Å². The van der Waals surface area contributed by atoms with Gasteiger partial charge >= 0.3 is 11.9 Å². The number of nitrogens with zero attached hydrogens (tertiary/aromatic N) is 1. The van der Waals surface area contributed by atoms with Crippen LogP contribution in [0.15, 0.2) is 60.3 Å². The van der Waals surface area contributed by atoms with Gasteiger partial charge in [-0.3, -0.25) is 9.59 Å². The Labute approximate surface area is 164 Å². The van der Waals surface area contributed by atoms with E-state index in [1.807, 2.05) is 0 Å². The van der Waals surface area contributed by atoms with Gasteiger partial charge in [-0.2, -0.15) is 0 Å². The van der Waals surface area contributed by atoms with Gasteiger partial charge in [-0.15, -0.1) is 0 Å². The standard InChI is InChI=1S/C19H13NO5S2/c21-16(22)11-20-15(18(24)27-19(20)26)10-12-5-4-8-14(9-12)25-17(23)13-6-2-1-3-7-13/h1-10H,11H2,(H,21,22). The zero-order valence-corrected chi connectivity index (χ0v) is 15.5. The van der Waals surface area contributed by atoms with E-state index in [-0.39, 0.29) is 15.1 Å². The molecule has 0 atom stereocenters. The molecule has 1 saturated heterocycles. The second kappa shape index (κ2) is 8.15. The topological polar surface area (TPSA) is 83.9 Å². The molecule has 0 amide bonds. The Hall–Kier alpha value is -2.97. The largest absolute Gasteiger partial charge is 0.480 e. The van der Waals surface area contributed by atoms with Gasteiger partial charge in [0.2, 0.25) is 5.12 Å². The van der Waals surface area contributed by atoms with Crippen LogP contribution in [0.3, 0.4) is 0 Å². The Morgan fingerprint density at radius 3 is 2.59 bits per heavy atom. The maximum absolute atomic E-state index is 12.2. The molecule has 1 heterocycles. The van der Waals surface area contributed by atoms with Gasteiger partial charge in [-0.05, 0) is 47.7 Å². The van der Waals surface area contributed by atoms with E-state index < -0.39 is 18.5 Å². The first-order valence-electron chi connectivity index (χ1n) is 7.78. The Balaban J connectivity index is 1.83. The highest BCUT2D eigenvalue weighted by Gasteiger charge is 2.32. The van der Waals surface area contributed by atoms with Gasteiger partial charge in [0, 0.05) is 0 Å². The normalized spacial score (nSPS) is 15.3. The summed E-state index contributed by atoms with van der Waals surface area (Å²) in [5, 5.41) is 8.68. The van der Waals surface area contributed by atoms with E-state index >= 15 is 0 Å². The predicted octanol–water partition coefficient (Wildman–Crippen LogP) is 3.19. The molecule has 1 N–H and O–H groups in total. The summed E-state index contributed by atoms with van der Waals surface area (Å²) < 4.78 is 5.55. The minimum atomic E-state index is -1.09. The zero-order valence-electron chi connectivity index (χ0n) is 13.8. The smallest absolute Gasteiger partial charge is 0.343 e. The fraction of sp³-hybridized carbons (Fsp3) is 0.0526. The van der Waals surface area contributed by atoms with Crippen LogP contribution in [0.2, 0.25) is 0 Å². The summed E-state index contributed by atoms with van der Waals surface area (Å²) in [5.41, 5.74) is 1.18. The average Bonchev–Trinajstić information content (AvgIpc) is 2.89. The van der Waals surface area contributed by atoms with E-state index in [1.165, 1.54) is 11.0 Å². The lowest BCUT2D eigenvalue weighted by Gasteiger charge is -2.15. The van der Waals surface area contributed by atoms with Crippen LogP contribution in [0, 0.1) is 0 Å². The van der Waals surface area contributed by atoms with Crippen molar-refractivity contribution in [1.29, 1.82) is 0 Å². The molecule has 0 saturated carbocycles. The summed E-state index contributed by atoms with van der Waals surface area (Å²) in [7, 11) is 0. The second-order valence-corrected chi connectivity index (χ2v) is 7.10. The Morgan fingerprint density at radius 2 is 1.89 bits per heavy atom. The number of carboxylic acid groups (broad SMARTS) is 1. The highest BCUT2D eigenvalue weighted by atomic mass is 32.2. The molecule has 6 nitrogen and oxygen atoms in total. The summed E-state index contributed by atoms with van der Waals surface area (Å²) in [6, 6.07) is 15.2. The molecule has 2 aromatic carbocycles. The number of aliphatic carboxylic acids is 1. The van der Waals surface area contributed by atoms with Crippen LogP contribution in [0.1, 0.15) is 15.9 Å². The molecule has 0 spiro atoms. The third-order valence-corrected chi connectivity index (χ3v) is 4.84. The summed E-state index contributed by atoms with van der Waals surface area (Å²) >= 11 is 5.87. The maximum Gasteiger partial charge on any atom is 0.343 e. The lowest BCUT2D eigenvalue weighted by molar-refractivity contribution is -0.137. The molecule has 1 fully saturated rings. The summed E-state index contributed by atoms with van der Waals surface area (Å²) in [6.07, 6.45) is 1.53. The lowest BCUT2D eigenvalue weighted by atomic mass is 10.1. The SMILES string of the molecule is O=C(O)CN1C(=S)SC(=O)C1=Cc1cccc(OC(=O)c2ccccc2)c1. The fourth-order valence-electron chi connectivity index (χ4n) is 2.38. The number of thiocarbonyl (C=S) groups is 1. The summed E-state index contributed by atoms with van der Waals surface area (Å²) in [4.78, 5) is 36.5. The molecule has 27 heavy (non-hydrogen) atoms. The van der Waals surface area contributed by atoms with Crippen LogP contribution in [-0.4, -0.2) is 37.9 Å². The van der Waals surface area contributed by atoms with Gasteiger partial charge in [0.15, 0.2) is 0 Å². The van der Waals surface area contributed by atoms with Gasteiger partial charge in [0.05, 0.1) is 11.3 Å². The molecule has 0 unspecified atom stereocenters. The molecule has 8 heteroatoms. The van der Waals surface area contributed by atoms with E-state index in [0.29, 0.717) is 16.9 Å². The lowest BCUT2D eigenvalue weighted by Crippen LogP contribution is -2.28. The van der Waals surface area contributed by atoms with Crippen LogP contribution in [-0.2, 0) is 9.59 Å². The number of benzene rings is 2. The molecule has 0 aliphatic carbocycles. The Bertz CT molecular complexity index is 956. The van der Waals surface area contributed by atoms with Gasteiger partial charge in [-0.25, -0.2) is 4.79 Å². The van der Waals surface area contributed by atoms with E-state index in [0.717, 1.165) is 11.8 Å². The van der Waals surface area contributed by atoms with E-state index in [1.54, 1.807) is 54.6 Å². The van der Waals surface area contributed by atoms with Crippen LogP contribution < -0.4 is 4.74 Å². The molecule has 0 bridgehead atoms. The number of hydrogen-bond acceptors (Lipinski definition) is 6. The van der Waals surface area contributed by atoms with Gasteiger partial charge in [-0.1, -0.05) is 42.5 Å². The number of esters is 1. The molecular weight excluding hydrogens is 386 g/mol. The number of carbonyl (C=O) groups is 3. The van der Waals surface area contributed by atoms with E-state index in [2.05, 4.69) is 0 Å². The average molecular weight is 399 g/mol. The molecule has 0 aromatic heterocycles.